The first-order valence-corrected chi connectivity index (χ1v) is 9.84. The largest absolute Gasteiger partial charge is 0.393 e. The van der Waals surface area contributed by atoms with Crippen molar-refractivity contribution in [2.75, 3.05) is 0 Å². The van der Waals surface area contributed by atoms with Crippen molar-refractivity contribution in [1.29, 1.82) is 0 Å². The first-order valence-electron chi connectivity index (χ1n) is 9.84. The maximum atomic E-state index is 10.3. The Balaban J connectivity index is 1.65. The monoisotopic (exact) mass is 302 g/mol. The van der Waals surface area contributed by atoms with Gasteiger partial charge in [-0.05, 0) is 99.2 Å². The van der Waals surface area contributed by atoms with E-state index < -0.39 is 0 Å². The standard InChI is InChI=1S/C21H34O/c1-14(22)17-9-10-18-16-8-7-15-6-4-5-12-20(15,2)19(16)11-13-21(17,18)3/h6,14,16-19,22H,4-5,7-13H2,1-3H3/t14?,16-,17+,18-,19-,20-,21+/m0/s1. The highest BCUT2D eigenvalue weighted by Gasteiger charge is 2.59. The second-order valence-electron chi connectivity index (χ2n) is 9.42. The Labute approximate surface area is 136 Å². The molecule has 0 spiro atoms. The molecule has 0 aromatic rings. The maximum absolute atomic E-state index is 10.3. The van der Waals surface area contributed by atoms with Crippen LogP contribution in [-0.2, 0) is 0 Å². The van der Waals surface area contributed by atoms with Crippen LogP contribution in [-0.4, -0.2) is 11.2 Å². The van der Waals surface area contributed by atoms with Crippen molar-refractivity contribution in [2.45, 2.75) is 84.7 Å². The van der Waals surface area contributed by atoms with Gasteiger partial charge in [0.25, 0.3) is 0 Å². The van der Waals surface area contributed by atoms with Gasteiger partial charge in [0, 0.05) is 0 Å². The van der Waals surface area contributed by atoms with Crippen molar-refractivity contribution in [3.63, 3.8) is 0 Å². The van der Waals surface area contributed by atoms with E-state index in [1.54, 1.807) is 0 Å². The van der Waals surface area contributed by atoms with Crippen molar-refractivity contribution in [3.8, 4) is 0 Å². The smallest absolute Gasteiger partial charge is 0.0545 e. The molecule has 0 heterocycles. The topological polar surface area (TPSA) is 20.2 Å². The lowest BCUT2D eigenvalue weighted by atomic mass is 9.47. The average molecular weight is 303 g/mol. The summed E-state index contributed by atoms with van der Waals surface area (Å²) in [6.45, 7) is 7.15. The van der Waals surface area contributed by atoms with Gasteiger partial charge >= 0.3 is 0 Å². The molecule has 0 amide bonds. The Morgan fingerprint density at radius 3 is 2.68 bits per heavy atom. The van der Waals surface area contributed by atoms with Gasteiger partial charge in [-0.15, -0.1) is 0 Å². The fourth-order valence-electron chi connectivity index (χ4n) is 7.59. The lowest BCUT2D eigenvalue weighted by Crippen LogP contribution is -2.50. The summed E-state index contributed by atoms with van der Waals surface area (Å²) in [5.74, 6) is 3.29. The molecule has 3 saturated carbocycles. The number of aliphatic hydroxyl groups excluding tert-OH is 1. The van der Waals surface area contributed by atoms with E-state index in [1.807, 2.05) is 12.5 Å². The van der Waals surface area contributed by atoms with E-state index in [2.05, 4.69) is 19.9 Å². The summed E-state index contributed by atoms with van der Waals surface area (Å²) in [4.78, 5) is 0. The van der Waals surface area contributed by atoms with E-state index in [0.717, 1.165) is 17.8 Å². The highest BCUT2D eigenvalue weighted by molar-refractivity contribution is 5.23. The van der Waals surface area contributed by atoms with E-state index in [0.29, 0.717) is 16.7 Å². The van der Waals surface area contributed by atoms with E-state index in [4.69, 9.17) is 0 Å². The summed E-state index contributed by atoms with van der Waals surface area (Å²) in [5, 5.41) is 10.3. The zero-order valence-electron chi connectivity index (χ0n) is 14.8. The van der Waals surface area contributed by atoms with Gasteiger partial charge in [0.1, 0.15) is 0 Å². The molecule has 4 aliphatic carbocycles. The summed E-state index contributed by atoms with van der Waals surface area (Å²) in [7, 11) is 0. The van der Waals surface area contributed by atoms with Crippen LogP contribution < -0.4 is 0 Å². The number of allylic oxidation sites excluding steroid dienone is 2. The van der Waals surface area contributed by atoms with Crippen LogP contribution in [0.2, 0.25) is 0 Å². The number of hydrogen-bond acceptors (Lipinski definition) is 1. The van der Waals surface area contributed by atoms with Gasteiger partial charge in [0.2, 0.25) is 0 Å². The van der Waals surface area contributed by atoms with E-state index in [1.165, 1.54) is 57.8 Å². The van der Waals surface area contributed by atoms with Crippen molar-refractivity contribution < 1.29 is 5.11 Å². The number of hydrogen-bond donors (Lipinski definition) is 1. The molecule has 0 aromatic heterocycles. The minimum atomic E-state index is -0.115. The molecule has 4 rings (SSSR count). The summed E-state index contributed by atoms with van der Waals surface area (Å²) in [5.41, 5.74) is 2.75. The van der Waals surface area contributed by atoms with Gasteiger partial charge in [0.15, 0.2) is 0 Å². The van der Waals surface area contributed by atoms with Crippen LogP contribution in [0.1, 0.15) is 78.6 Å². The molecule has 0 aromatic carbocycles. The van der Waals surface area contributed by atoms with Crippen molar-refractivity contribution in [1.82, 2.24) is 0 Å². The Hall–Kier alpha value is -0.300. The first-order chi connectivity index (χ1) is 10.5. The molecule has 7 atom stereocenters. The van der Waals surface area contributed by atoms with Crippen LogP contribution in [0.4, 0.5) is 0 Å². The van der Waals surface area contributed by atoms with Crippen LogP contribution in [0.5, 0.6) is 0 Å². The summed E-state index contributed by atoms with van der Waals surface area (Å²) >= 11 is 0. The van der Waals surface area contributed by atoms with Crippen molar-refractivity contribution >= 4 is 0 Å². The van der Waals surface area contributed by atoms with Gasteiger partial charge in [-0.25, -0.2) is 0 Å². The van der Waals surface area contributed by atoms with Crippen LogP contribution in [0.3, 0.4) is 0 Å². The number of aliphatic hydroxyl groups is 1. The van der Waals surface area contributed by atoms with E-state index in [-0.39, 0.29) is 6.10 Å². The summed E-state index contributed by atoms with van der Waals surface area (Å²) in [6.07, 6.45) is 14.9. The SMILES string of the molecule is CC(O)[C@H]1CC[C@H]2[C@@H]3CCC4=CCCC[C@]4(C)[C@H]3CC[C@]12C. The maximum Gasteiger partial charge on any atom is 0.0545 e. The minimum absolute atomic E-state index is 0.115. The van der Waals surface area contributed by atoms with Gasteiger partial charge in [0.05, 0.1) is 6.10 Å². The lowest BCUT2D eigenvalue weighted by molar-refractivity contribution is -0.0697. The van der Waals surface area contributed by atoms with Gasteiger partial charge < -0.3 is 5.11 Å². The Morgan fingerprint density at radius 2 is 1.91 bits per heavy atom. The third kappa shape index (κ3) is 1.93. The van der Waals surface area contributed by atoms with Gasteiger partial charge in [-0.1, -0.05) is 25.5 Å². The number of rotatable bonds is 1. The summed E-state index contributed by atoms with van der Waals surface area (Å²) in [6, 6.07) is 0. The molecule has 124 valence electrons. The third-order valence-electron chi connectivity index (χ3n) is 8.68. The Morgan fingerprint density at radius 1 is 1.09 bits per heavy atom. The molecular formula is C21H34O. The number of fused-ring (bicyclic) bond motifs is 5. The highest BCUT2D eigenvalue weighted by atomic mass is 16.3. The zero-order valence-corrected chi connectivity index (χ0v) is 14.8. The molecule has 1 N–H and O–H groups in total. The van der Waals surface area contributed by atoms with Crippen LogP contribution >= 0.6 is 0 Å². The predicted octanol–water partition coefficient (Wildman–Crippen LogP) is 5.34. The Kier molecular flexibility index (Phi) is 3.53. The highest BCUT2D eigenvalue weighted by Crippen LogP contribution is 2.67. The molecular weight excluding hydrogens is 268 g/mol. The third-order valence-corrected chi connectivity index (χ3v) is 8.68. The zero-order chi connectivity index (χ0) is 15.5. The quantitative estimate of drug-likeness (QED) is 0.648. The van der Waals surface area contributed by atoms with E-state index in [9.17, 15) is 5.11 Å². The van der Waals surface area contributed by atoms with Crippen LogP contribution in [0.25, 0.3) is 0 Å². The fourth-order valence-corrected chi connectivity index (χ4v) is 7.59. The van der Waals surface area contributed by atoms with Gasteiger partial charge in [-0.2, -0.15) is 0 Å². The van der Waals surface area contributed by atoms with Crippen molar-refractivity contribution in [3.05, 3.63) is 11.6 Å². The molecule has 22 heavy (non-hydrogen) atoms. The van der Waals surface area contributed by atoms with Crippen molar-refractivity contribution in [2.24, 2.45) is 34.5 Å². The second kappa shape index (κ2) is 5.10. The van der Waals surface area contributed by atoms with Crippen LogP contribution in [0.15, 0.2) is 11.6 Å². The first kappa shape index (κ1) is 15.2. The minimum Gasteiger partial charge on any atom is -0.393 e. The molecule has 1 unspecified atom stereocenters. The molecule has 0 aliphatic heterocycles. The average Bonchev–Trinajstić information content (AvgIpc) is 2.84. The molecule has 0 radical (unpaired) electrons. The summed E-state index contributed by atoms with van der Waals surface area (Å²) < 4.78 is 0. The van der Waals surface area contributed by atoms with Gasteiger partial charge in [-0.3, -0.25) is 0 Å². The molecule has 0 saturated heterocycles. The van der Waals surface area contributed by atoms with Crippen LogP contribution in [0, 0.1) is 34.5 Å². The fraction of sp³-hybridized carbons (Fsp3) is 0.905. The second-order valence-corrected chi connectivity index (χ2v) is 9.42. The molecule has 1 heteroatoms. The Bertz CT molecular complexity index is 478. The molecule has 1 nitrogen and oxygen atoms in total. The normalized spacial score (nSPS) is 52.3. The van der Waals surface area contributed by atoms with E-state index >= 15 is 0 Å². The molecule has 0 bridgehead atoms. The molecule has 4 aliphatic rings. The molecule has 3 fully saturated rings. The lowest BCUT2D eigenvalue weighted by Gasteiger charge is -2.58. The predicted molar refractivity (Wildman–Crippen MR) is 91.5 cm³/mol.